The van der Waals surface area contributed by atoms with E-state index in [0.29, 0.717) is 17.7 Å². The molecule has 15 heavy (non-hydrogen) atoms. The van der Waals surface area contributed by atoms with Gasteiger partial charge in [0, 0.05) is 16.6 Å². The molecule has 0 aliphatic rings. The van der Waals surface area contributed by atoms with Gasteiger partial charge in [-0.2, -0.15) is 8.78 Å². The molecule has 0 aliphatic carbocycles. The third-order valence-corrected chi connectivity index (χ3v) is 2.35. The van der Waals surface area contributed by atoms with E-state index in [-0.39, 0.29) is 5.75 Å². The van der Waals surface area contributed by atoms with Gasteiger partial charge in [-0.15, -0.1) is 0 Å². The van der Waals surface area contributed by atoms with Crippen LogP contribution in [0.5, 0.6) is 5.75 Å². The molecule has 0 spiro atoms. The molecule has 1 aromatic rings. The predicted octanol–water partition coefficient (Wildman–Crippen LogP) is 3.08. The number of rotatable bonds is 4. The Labute approximate surface area is 95.8 Å². The van der Waals surface area contributed by atoms with Gasteiger partial charge in [0.05, 0.1) is 0 Å². The Hall–Kier alpha value is -0.680. The molecule has 0 saturated heterocycles. The highest BCUT2D eigenvalue weighted by Crippen LogP contribution is 2.29. The molecule has 0 atom stereocenters. The molecule has 0 radical (unpaired) electrons. The van der Waals surface area contributed by atoms with Crippen LogP contribution in [0.1, 0.15) is 11.1 Å². The number of benzene rings is 1. The molecule has 1 N–H and O–H groups in total. The van der Waals surface area contributed by atoms with Gasteiger partial charge in [-0.05, 0) is 31.7 Å². The highest BCUT2D eigenvalue weighted by atomic mass is 79.9. The fraction of sp³-hybridized carbons (Fsp3) is 0.400. The zero-order valence-corrected chi connectivity index (χ0v) is 10.1. The first-order chi connectivity index (χ1) is 7.04. The van der Waals surface area contributed by atoms with Crippen molar-refractivity contribution in [3.63, 3.8) is 0 Å². The molecule has 0 bridgehead atoms. The van der Waals surface area contributed by atoms with E-state index in [1.165, 1.54) is 0 Å². The third kappa shape index (κ3) is 3.43. The lowest BCUT2D eigenvalue weighted by molar-refractivity contribution is -0.0509. The van der Waals surface area contributed by atoms with Gasteiger partial charge >= 0.3 is 6.61 Å². The Kier molecular flexibility index (Phi) is 4.47. The van der Waals surface area contributed by atoms with Crippen LogP contribution in [0.2, 0.25) is 0 Å². The van der Waals surface area contributed by atoms with Gasteiger partial charge in [0.2, 0.25) is 0 Å². The van der Waals surface area contributed by atoms with Gasteiger partial charge in [0.1, 0.15) is 5.75 Å². The molecule has 0 aromatic heterocycles. The van der Waals surface area contributed by atoms with Crippen molar-refractivity contribution in [3.8, 4) is 5.75 Å². The normalized spacial score (nSPS) is 10.8. The molecule has 0 aliphatic heterocycles. The maximum atomic E-state index is 12.2. The Morgan fingerprint density at radius 1 is 1.47 bits per heavy atom. The number of nitrogens with one attached hydrogen (secondary N) is 1. The summed E-state index contributed by atoms with van der Waals surface area (Å²) in [5.74, 6) is 0.252. The maximum absolute atomic E-state index is 12.2. The smallest absolute Gasteiger partial charge is 0.387 e. The summed E-state index contributed by atoms with van der Waals surface area (Å²) in [7, 11) is 1.75. The Morgan fingerprint density at radius 3 is 2.67 bits per heavy atom. The summed E-state index contributed by atoms with van der Waals surface area (Å²) >= 11 is 3.31. The van der Waals surface area contributed by atoms with Crippen molar-refractivity contribution in [3.05, 3.63) is 27.7 Å². The number of ether oxygens (including phenoxy) is 1. The average Bonchev–Trinajstić information content (AvgIpc) is 2.11. The highest BCUT2D eigenvalue weighted by Gasteiger charge is 2.12. The van der Waals surface area contributed by atoms with Gasteiger partial charge in [-0.3, -0.25) is 0 Å². The Morgan fingerprint density at radius 2 is 2.13 bits per heavy atom. The molecule has 2 nitrogen and oxygen atoms in total. The van der Waals surface area contributed by atoms with E-state index in [9.17, 15) is 8.78 Å². The van der Waals surface area contributed by atoms with Crippen LogP contribution in [0.3, 0.4) is 0 Å². The van der Waals surface area contributed by atoms with Crippen molar-refractivity contribution in [1.82, 2.24) is 5.32 Å². The van der Waals surface area contributed by atoms with E-state index in [4.69, 9.17) is 0 Å². The molecule has 1 aromatic carbocycles. The minimum Gasteiger partial charge on any atom is -0.434 e. The first-order valence-electron chi connectivity index (χ1n) is 4.43. The minimum absolute atomic E-state index is 0.252. The second kappa shape index (κ2) is 5.42. The van der Waals surface area contributed by atoms with Crippen LogP contribution in [0.4, 0.5) is 8.78 Å². The predicted molar refractivity (Wildman–Crippen MR) is 58.3 cm³/mol. The lowest BCUT2D eigenvalue weighted by Gasteiger charge is -2.13. The van der Waals surface area contributed by atoms with Crippen molar-refractivity contribution in [2.24, 2.45) is 0 Å². The monoisotopic (exact) mass is 279 g/mol. The summed E-state index contributed by atoms with van der Waals surface area (Å²) in [4.78, 5) is 0. The molecule has 0 amide bonds. The Bertz CT molecular complexity index is 344. The molecule has 84 valence electrons. The molecular formula is C10H12BrF2NO. The zero-order chi connectivity index (χ0) is 11.4. The maximum Gasteiger partial charge on any atom is 0.387 e. The van der Waals surface area contributed by atoms with Gasteiger partial charge in [-0.25, -0.2) is 0 Å². The first-order valence-corrected chi connectivity index (χ1v) is 5.22. The van der Waals surface area contributed by atoms with Gasteiger partial charge < -0.3 is 10.1 Å². The minimum atomic E-state index is -2.79. The SMILES string of the molecule is CNCc1cc(Br)cc(C)c1OC(F)F. The lowest BCUT2D eigenvalue weighted by Crippen LogP contribution is -2.11. The molecule has 1 rings (SSSR count). The summed E-state index contributed by atoms with van der Waals surface area (Å²) in [6.45, 7) is -0.565. The molecule has 0 fully saturated rings. The van der Waals surface area contributed by atoms with E-state index >= 15 is 0 Å². The molecule has 0 saturated carbocycles. The van der Waals surface area contributed by atoms with Crippen molar-refractivity contribution < 1.29 is 13.5 Å². The summed E-state index contributed by atoms with van der Waals surface area (Å²) < 4.78 is 29.7. The number of hydrogen-bond acceptors (Lipinski definition) is 2. The zero-order valence-electron chi connectivity index (χ0n) is 8.48. The van der Waals surface area contributed by atoms with Crippen LogP contribution in [-0.2, 0) is 6.54 Å². The van der Waals surface area contributed by atoms with Crippen LogP contribution in [0.15, 0.2) is 16.6 Å². The fourth-order valence-electron chi connectivity index (χ4n) is 1.38. The number of halogens is 3. The van der Waals surface area contributed by atoms with Gasteiger partial charge in [0.15, 0.2) is 0 Å². The largest absolute Gasteiger partial charge is 0.434 e. The van der Waals surface area contributed by atoms with Crippen LogP contribution in [0, 0.1) is 6.92 Å². The van der Waals surface area contributed by atoms with E-state index in [1.807, 2.05) is 0 Å². The molecule has 5 heteroatoms. The number of alkyl halides is 2. The topological polar surface area (TPSA) is 21.3 Å². The van der Waals surface area contributed by atoms with Crippen LogP contribution >= 0.6 is 15.9 Å². The quantitative estimate of drug-likeness (QED) is 0.915. The van der Waals surface area contributed by atoms with Crippen molar-refractivity contribution in [2.45, 2.75) is 20.1 Å². The lowest BCUT2D eigenvalue weighted by atomic mass is 10.1. The van der Waals surface area contributed by atoms with Crippen LogP contribution in [-0.4, -0.2) is 13.7 Å². The van der Waals surface area contributed by atoms with Crippen LogP contribution < -0.4 is 10.1 Å². The standard InChI is InChI=1S/C10H12BrF2NO/c1-6-3-8(11)4-7(5-14-2)9(6)15-10(12)13/h3-4,10,14H,5H2,1-2H3. The van der Waals surface area contributed by atoms with Crippen molar-refractivity contribution in [2.75, 3.05) is 7.05 Å². The summed E-state index contributed by atoms with van der Waals surface area (Å²) in [5.41, 5.74) is 1.40. The second-order valence-electron chi connectivity index (χ2n) is 3.12. The van der Waals surface area contributed by atoms with E-state index < -0.39 is 6.61 Å². The van der Waals surface area contributed by atoms with E-state index in [1.54, 1.807) is 26.1 Å². The number of hydrogen-bond donors (Lipinski definition) is 1. The van der Waals surface area contributed by atoms with E-state index in [0.717, 1.165) is 4.47 Å². The van der Waals surface area contributed by atoms with Crippen LogP contribution in [0.25, 0.3) is 0 Å². The molecular weight excluding hydrogens is 268 g/mol. The van der Waals surface area contributed by atoms with Gasteiger partial charge in [-0.1, -0.05) is 15.9 Å². The highest BCUT2D eigenvalue weighted by molar-refractivity contribution is 9.10. The van der Waals surface area contributed by atoms with E-state index in [2.05, 4.69) is 26.0 Å². The average molecular weight is 280 g/mol. The van der Waals surface area contributed by atoms with Gasteiger partial charge in [0.25, 0.3) is 0 Å². The number of aryl methyl sites for hydroxylation is 1. The summed E-state index contributed by atoms with van der Waals surface area (Å²) in [5, 5.41) is 2.91. The second-order valence-corrected chi connectivity index (χ2v) is 4.04. The Balaban J connectivity index is 3.08. The first kappa shape index (κ1) is 12.4. The fourth-order valence-corrected chi connectivity index (χ4v) is 2.00. The molecule has 0 heterocycles. The van der Waals surface area contributed by atoms with Crippen molar-refractivity contribution in [1.29, 1.82) is 0 Å². The summed E-state index contributed by atoms with van der Waals surface area (Å²) in [6.07, 6.45) is 0. The third-order valence-electron chi connectivity index (χ3n) is 1.89. The summed E-state index contributed by atoms with van der Waals surface area (Å²) in [6, 6.07) is 3.51. The van der Waals surface area contributed by atoms with Crippen molar-refractivity contribution >= 4 is 15.9 Å². The molecule has 0 unspecified atom stereocenters.